The zero-order valence-corrected chi connectivity index (χ0v) is 9.04. The summed E-state index contributed by atoms with van der Waals surface area (Å²) in [5.74, 6) is -0.364. The van der Waals surface area contributed by atoms with Gasteiger partial charge in [0.2, 0.25) is 0 Å². The molecule has 0 bridgehead atoms. The highest BCUT2D eigenvalue weighted by atomic mass is 35.5. The Bertz CT molecular complexity index is 134. The molecule has 6 heteroatoms. The molecule has 0 aliphatic heterocycles. The number of halogens is 1. The number of nitrogens with two attached hydrogens (primary N) is 3. The molecule has 0 aromatic rings. The van der Waals surface area contributed by atoms with Crippen LogP contribution >= 0.6 is 11.6 Å². The van der Waals surface area contributed by atoms with Crippen molar-refractivity contribution in [2.45, 2.75) is 25.3 Å². The van der Waals surface area contributed by atoms with Gasteiger partial charge in [0.15, 0.2) is 0 Å². The highest BCUT2D eigenvalue weighted by Gasteiger charge is 2.09. The van der Waals surface area contributed by atoms with E-state index in [1.54, 1.807) is 0 Å². The number of carboxylic acids is 1. The van der Waals surface area contributed by atoms with Gasteiger partial charge in [0.1, 0.15) is 6.04 Å². The van der Waals surface area contributed by atoms with Crippen LogP contribution in [0.3, 0.4) is 0 Å². The van der Waals surface area contributed by atoms with Crippen LogP contribution in [0, 0.1) is 0 Å². The normalized spacial score (nSPS) is 11.4. The summed E-state index contributed by atoms with van der Waals surface area (Å²) in [6.07, 6.45) is 2.16. The quantitative estimate of drug-likeness (QED) is 0.366. The smallest absolute Gasteiger partial charge is 0.320 e. The molecule has 0 amide bonds. The molecule has 1 unspecified atom stereocenters. The molecule has 0 fully saturated rings. The number of alkyl halides is 1. The summed E-state index contributed by atoms with van der Waals surface area (Å²) in [7, 11) is 0. The third-order valence-corrected chi connectivity index (χ3v) is 1.61. The molecule has 0 saturated heterocycles. The molecule has 0 radical (unpaired) electrons. The van der Waals surface area contributed by atoms with Crippen LogP contribution in [-0.2, 0) is 4.79 Å². The first-order valence-electron chi connectivity index (χ1n) is 4.54. The SMILES string of the molecule is NCCCCC(N)C(=O)O.NCCCl. The fraction of sp³-hybridized carbons (Fsp3) is 0.875. The molecule has 0 aromatic heterocycles. The maximum Gasteiger partial charge on any atom is 0.320 e. The van der Waals surface area contributed by atoms with E-state index in [2.05, 4.69) is 0 Å². The number of aliphatic carboxylic acids is 1. The van der Waals surface area contributed by atoms with Crippen LogP contribution in [-0.4, -0.2) is 36.1 Å². The molecular weight excluding hydrogens is 206 g/mol. The Labute approximate surface area is 89.6 Å². The van der Waals surface area contributed by atoms with Crippen LogP contribution in [0.2, 0.25) is 0 Å². The van der Waals surface area contributed by atoms with Crippen molar-refractivity contribution in [1.29, 1.82) is 0 Å². The molecule has 5 nitrogen and oxygen atoms in total. The maximum absolute atomic E-state index is 10.1. The van der Waals surface area contributed by atoms with Crippen LogP contribution in [0.5, 0.6) is 0 Å². The Morgan fingerprint density at radius 3 is 2.07 bits per heavy atom. The van der Waals surface area contributed by atoms with Crippen molar-refractivity contribution < 1.29 is 9.90 Å². The predicted octanol–water partition coefficient (Wildman–Crippen LogP) is -0.289. The summed E-state index contributed by atoms with van der Waals surface area (Å²) in [5.41, 5.74) is 15.3. The highest BCUT2D eigenvalue weighted by Crippen LogP contribution is 1.96. The third-order valence-electron chi connectivity index (χ3n) is 1.40. The molecular formula is C8H20ClN3O2. The van der Waals surface area contributed by atoms with E-state index in [0.717, 1.165) is 12.8 Å². The Morgan fingerprint density at radius 1 is 1.29 bits per heavy atom. The van der Waals surface area contributed by atoms with E-state index in [9.17, 15) is 4.79 Å². The second-order valence-electron chi connectivity index (χ2n) is 2.71. The van der Waals surface area contributed by atoms with Gasteiger partial charge >= 0.3 is 5.97 Å². The molecule has 0 aliphatic carbocycles. The average molecular weight is 226 g/mol. The molecule has 0 aromatic carbocycles. The lowest BCUT2D eigenvalue weighted by molar-refractivity contribution is -0.138. The molecule has 0 saturated carbocycles. The van der Waals surface area contributed by atoms with Gasteiger partial charge in [-0.3, -0.25) is 4.79 Å². The molecule has 14 heavy (non-hydrogen) atoms. The van der Waals surface area contributed by atoms with Crippen LogP contribution in [0.15, 0.2) is 0 Å². The monoisotopic (exact) mass is 225 g/mol. The van der Waals surface area contributed by atoms with Crippen LogP contribution in [0.4, 0.5) is 0 Å². The minimum Gasteiger partial charge on any atom is -0.480 e. The van der Waals surface area contributed by atoms with Crippen molar-refractivity contribution in [2.24, 2.45) is 17.2 Å². The standard InChI is InChI=1S/C6H14N2O2.C2H6ClN/c7-4-2-1-3-5(8)6(9)10;3-1-2-4/h5H,1-4,7-8H2,(H,9,10);1-2,4H2. The number of unbranched alkanes of at least 4 members (excludes halogenated alkanes) is 1. The summed E-state index contributed by atoms with van der Waals surface area (Å²) < 4.78 is 0. The van der Waals surface area contributed by atoms with E-state index in [4.69, 9.17) is 33.9 Å². The Hall–Kier alpha value is -0.360. The molecule has 0 rings (SSSR count). The summed E-state index contributed by atoms with van der Waals surface area (Å²) in [4.78, 5) is 10.1. The van der Waals surface area contributed by atoms with Crippen molar-refractivity contribution in [1.82, 2.24) is 0 Å². The average Bonchev–Trinajstić information content (AvgIpc) is 2.18. The summed E-state index contributed by atoms with van der Waals surface area (Å²) in [5, 5.41) is 8.33. The zero-order chi connectivity index (χ0) is 11.4. The fourth-order valence-corrected chi connectivity index (χ4v) is 0.632. The predicted molar refractivity (Wildman–Crippen MR) is 58.3 cm³/mol. The molecule has 86 valence electrons. The van der Waals surface area contributed by atoms with Gasteiger partial charge < -0.3 is 22.3 Å². The van der Waals surface area contributed by atoms with Crippen molar-refractivity contribution in [3.63, 3.8) is 0 Å². The van der Waals surface area contributed by atoms with Gasteiger partial charge in [0, 0.05) is 12.4 Å². The van der Waals surface area contributed by atoms with Crippen molar-refractivity contribution >= 4 is 17.6 Å². The molecule has 7 N–H and O–H groups in total. The van der Waals surface area contributed by atoms with Gasteiger partial charge in [0.05, 0.1) is 0 Å². The lowest BCUT2D eigenvalue weighted by Gasteiger charge is -2.03. The Morgan fingerprint density at radius 2 is 1.79 bits per heavy atom. The summed E-state index contributed by atoms with van der Waals surface area (Å²) in [6.45, 7) is 1.19. The molecule has 0 heterocycles. The van der Waals surface area contributed by atoms with Gasteiger partial charge in [-0.05, 0) is 19.4 Å². The first-order valence-corrected chi connectivity index (χ1v) is 5.08. The lowest BCUT2D eigenvalue weighted by atomic mass is 10.1. The minimum absolute atomic E-state index is 0.520. The van der Waals surface area contributed by atoms with E-state index in [-0.39, 0.29) is 0 Å². The van der Waals surface area contributed by atoms with Crippen LogP contribution in [0.1, 0.15) is 19.3 Å². The summed E-state index contributed by atoms with van der Waals surface area (Å²) >= 11 is 5.06. The second-order valence-corrected chi connectivity index (χ2v) is 3.08. The number of rotatable bonds is 6. The van der Waals surface area contributed by atoms with Crippen molar-refractivity contribution in [2.75, 3.05) is 19.0 Å². The number of carbonyl (C=O) groups is 1. The van der Waals surface area contributed by atoms with Crippen LogP contribution in [0.25, 0.3) is 0 Å². The van der Waals surface area contributed by atoms with E-state index >= 15 is 0 Å². The van der Waals surface area contributed by atoms with Gasteiger partial charge in [-0.25, -0.2) is 0 Å². The number of hydrogen-bond donors (Lipinski definition) is 4. The van der Waals surface area contributed by atoms with Crippen molar-refractivity contribution in [3.05, 3.63) is 0 Å². The van der Waals surface area contributed by atoms with E-state index in [1.165, 1.54) is 0 Å². The largest absolute Gasteiger partial charge is 0.480 e. The van der Waals surface area contributed by atoms with E-state index in [1.807, 2.05) is 0 Å². The van der Waals surface area contributed by atoms with E-state index < -0.39 is 12.0 Å². The van der Waals surface area contributed by atoms with E-state index in [0.29, 0.717) is 25.4 Å². The highest BCUT2D eigenvalue weighted by molar-refractivity contribution is 6.18. The zero-order valence-electron chi connectivity index (χ0n) is 8.29. The molecule has 1 atom stereocenters. The molecule has 0 aliphatic rings. The first-order chi connectivity index (χ1) is 6.59. The minimum atomic E-state index is -0.933. The van der Waals surface area contributed by atoms with Crippen LogP contribution < -0.4 is 17.2 Å². The lowest BCUT2D eigenvalue weighted by Crippen LogP contribution is -2.29. The number of carboxylic acid groups (broad SMARTS) is 1. The topological polar surface area (TPSA) is 115 Å². The third kappa shape index (κ3) is 14.2. The Kier molecular flexibility index (Phi) is 14.5. The van der Waals surface area contributed by atoms with Gasteiger partial charge in [-0.15, -0.1) is 11.6 Å². The fourth-order valence-electron chi connectivity index (χ4n) is 0.632. The number of hydrogen-bond acceptors (Lipinski definition) is 4. The Balaban J connectivity index is 0. The molecule has 0 spiro atoms. The van der Waals surface area contributed by atoms with Gasteiger partial charge in [-0.2, -0.15) is 0 Å². The van der Waals surface area contributed by atoms with Gasteiger partial charge in [0.25, 0.3) is 0 Å². The van der Waals surface area contributed by atoms with Gasteiger partial charge in [-0.1, -0.05) is 6.42 Å². The van der Waals surface area contributed by atoms with Crippen molar-refractivity contribution in [3.8, 4) is 0 Å². The first kappa shape index (κ1) is 16.1. The second kappa shape index (κ2) is 12.6. The maximum atomic E-state index is 10.1. The summed E-state index contributed by atoms with van der Waals surface area (Å²) in [6, 6.07) is -0.716.